The zero-order valence-corrected chi connectivity index (χ0v) is 14.3. The Morgan fingerprint density at radius 2 is 1.62 bits per heavy atom. The molecule has 0 amide bonds. The molecule has 3 aromatic rings. The minimum atomic E-state index is -4.72. The largest absolute Gasteiger partial charge is 0.417 e. The van der Waals surface area contributed by atoms with E-state index >= 15 is 0 Å². The summed E-state index contributed by atoms with van der Waals surface area (Å²) >= 11 is 11.6. The van der Waals surface area contributed by atoms with E-state index in [1.807, 2.05) is 0 Å². The van der Waals surface area contributed by atoms with Gasteiger partial charge in [-0.15, -0.1) is 0 Å². The van der Waals surface area contributed by atoms with Crippen molar-refractivity contribution in [2.24, 2.45) is 0 Å². The summed E-state index contributed by atoms with van der Waals surface area (Å²) in [4.78, 5) is 27.2. The molecule has 1 aromatic heterocycles. The van der Waals surface area contributed by atoms with Gasteiger partial charge < -0.3 is 4.98 Å². The highest BCUT2D eigenvalue weighted by Crippen LogP contribution is 2.35. The van der Waals surface area contributed by atoms with E-state index in [9.17, 15) is 22.8 Å². The van der Waals surface area contributed by atoms with Crippen molar-refractivity contribution in [3.05, 3.63) is 85.0 Å². The van der Waals surface area contributed by atoms with E-state index in [2.05, 4.69) is 4.98 Å². The molecule has 134 valence electrons. The summed E-state index contributed by atoms with van der Waals surface area (Å²) < 4.78 is 39.6. The number of alkyl halides is 3. The van der Waals surface area contributed by atoms with E-state index in [1.54, 1.807) is 24.3 Å². The first kappa shape index (κ1) is 18.3. The molecule has 0 saturated carbocycles. The molecule has 3 rings (SSSR count). The lowest BCUT2D eigenvalue weighted by atomic mass is 10.1. The van der Waals surface area contributed by atoms with Gasteiger partial charge in [0.1, 0.15) is 0 Å². The van der Waals surface area contributed by atoms with E-state index in [0.29, 0.717) is 21.2 Å². The average Bonchev–Trinajstić information content (AvgIpc) is 2.55. The normalized spacial score (nSPS) is 11.6. The molecule has 0 unspecified atom stereocenters. The molecule has 0 bridgehead atoms. The van der Waals surface area contributed by atoms with Crippen molar-refractivity contribution in [2.75, 3.05) is 0 Å². The van der Waals surface area contributed by atoms with Crippen LogP contribution in [0.2, 0.25) is 10.0 Å². The highest BCUT2D eigenvalue weighted by Gasteiger charge is 2.33. The van der Waals surface area contributed by atoms with Gasteiger partial charge in [-0.3, -0.25) is 4.79 Å². The van der Waals surface area contributed by atoms with Gasteiger partial charge in [-0.25, -0.2) is 9.36 Å². The summed E-state index contributed by atoms with van der Waals surface area (Å²) in [7, 11) is 0. The molecule has 2 aromatic carbocycles. The molecular formula is C17H9Cl2F3N2O2. The van der Waals surface area contributed by atoms with Gasteiger partial charge in [0, 0.05) is 16.7 Å². The maximum Gasteiger partial charge on any atom is 0.417 e. The fourth-order valence-corrected chi connectivity index (χ4v) is 2.90. The third-order valence-corrected chi connectivity index (χ3v) is 4.27. The van der Waals surface area contributed by atoms with Crippen LogP contribution in [0.5, 0.6) is 0 Å². The number of hydrogen-bond donors (Lipinski definition) is 1. The number of nitrogens with one attached hydrogen (secondary N) is 1. The SMILES string of the molecule is O=c1cc(-c2ccccc2Cl)[nH]c(=O)n1-c1ccc(Cl)c(C(F)(F)F)c1. The van der Waals surface area contributed by atoms with Gasteiger partial charge in [0.15, 0.2) is 0 Å². The van der Waals surface area contributed by atoms with Crippen LogP contribution in [0.25, 0.3) is 16.9 Å². The van der Waals surface area contributed by atoms with Gasteiger partial charge >= 0.3 is 11.9 Å². The highest BCUT2D eigenvalue weighted by atomic mass is 35.5. The third kappa shape index (κ3) is 3.40. The number of aromatic nitrogens is 2. The maximum atomic E-state index is 13.0. The van der Waals surface area contributed by atoms with E-state index < -0.39 is 28.0 Å². The van der Waals surface area contributed by atoms with E-state index in [-0.39, 0.29) is 11.4 Å². The van der Waals surface area contributed by atoms with Crippen LogP contribution in [0.1, 0.15) is 5.56 Å². The molecule has 0 spiro atoms. The average molecular weight is 401 g/mol. The number of H-pyrrole nitrogens is 1. The van der Waals surface area contributed by atoms with Gasteiger partial charge in [-0.1, -0.05) is 41.4 Å². The summed E-state index contributed by atoms with van der Waals surface area (Å²) in [5.74, 6) is 0. The summed E-state index contributed by atoms with van der Waals surface area (Å²) in [6.45, 7) is 0. The molecule has 0 aliphatic carbocycles. The predicted molar refractivity (Wildman–Crippen MR) is 93.1 cm³/mol. The fourth-order valence-electron chi connectivity index (χ4n) is 2.43. The van der Waals surface area contributed by atoms with Gasteiger partial charge in [0.2, 0.25) is 0 Å². The van der Waals surface area contributed by atoms with Crippen molar-refractivity contribution < 1.29 is 13.2 Å². The molecule has 4 nitrogen and oxygen atoms in total. The lowest BCUT2D eigenvalue weighted by Crippen LogP contribution is -2.33. The minimum absolute atomic E-state index is 0.159. The molecule has 26 heavy (non-hydrogen) atoms. The molecule has 0 aliphatic rings. The van der Waals surface area contributed by atoms with Gasteiger partial charge in [0.25, 0.3) is 5.56 Å². The molecule has 0 saturated heterocycles. The number of halogens is 5. The zero-order valence-electron chi connectivity index (χ0n) is 12.8. The van der Waals surface area contributed by atoms with Gasteiger partial charge in [-0.2, -0.15) is 13.2 Å². The minimum Gasteiger partial charge on any atom is -0.306 e. The van der Waals surface area contributed by atoms with Crippen LogP contribution in [0, 0.1) is 0 Å². The Kier molecular flexibility index (Phi) is 4.68. The predicted octanol–water partition coefficient (Wildman–Crippen LogP) is 4.52. The number of rotatable bonds is 2. The number of benzene rings is 2. The van der Waals surface area contributed by atoms with E-state index in [1.165, 1.54) is 0 Å². The standard InChI is InChI=1S/C17H9Cl2F3N2O2/c18-12-4-2-1-3-10(12)14-8-15(25)24(16(26)23-14)9-5-6-13(19)11(7-9)17(20,21)22/h1-8H,(H,23,26). The van der Waals surface area contributed by atoms with E-state index in [4.69, 9.17) is 23.2 Å². The molecule has 9 heteroatoms. The van der Waals surface area contributed by atoms with Crippen LogP contribution in [0.15, 0.2) is 58.1 Å². The summed E-state index contributed by atoms with van der Waals surface area (Å²) in [6, 6.07) is 10.4. The summed E-state index contributed by atoms with van der Waals surface area (Å²) in [5, 5.41) is -0.218. The number of aromatic amines is 1. The second-order valence-corrected chi connectivity index (χ2v) is 6.12. The number of nitrogens with zero attached hydrogens (tertiary/aromatic N) is 1. The lowest BCUT2D eigenvalue weighted by molar-refractivity contribution is -0.137. The molecule has 0 atom stereocenters. The Balaban J connectivity index is 2.19. The van der Waals surface area contributed by atoms with Crippen molar-refractivity contribution in [3.63, 3.8) is 0 Å². The van der Waals surface area contributed by atoms with Crippen molar-refractivity contribution in [2.45, 2.75) is 6.18 Å². The van der Waals surface area contributed by atoms with Crippen LogP contribution < -0.4 is 11.2 Å². The first-order valence-electron chi connectivity index (χ1n) is 7.17. The lowest BCUT2D eigenvalue weighted by Gasteiger charge is -2.12. The van der Waals surface area contributed by atoms with Crippen molar-refractivity contribution in [1.29, 1.82) is 0 Å². The molecule has 0 radical (unpaired) electrons. The highest BCUT2D eigenvalue weighted by molar-refractivity contribution is 6.33. The Morgan fingerprint density at radius 3 is 2.23 bits per heavy atom. The summed E-state index contributed by atoms with van der Waals surface area (Å²) in [5.41, 5.74) is -2.52. The third-order valence-electron chi connectivity index (χ3n) is 3.61. The number of hydrogen-bond acceptors (Lipinski definition) is 2. The van der Waals surface area contributed by atoms with Crippen LogP contribution in [0.3, 0.4) is 0 Å². The smallest absolute Gasteiger partial charge is 0.306 e. The second-order valence-electron chi connectivity index (χ2n) is 5.30. The van der Waals surface area contributed by atoms with Gasteiger partial charge in [0.05, 0.1) is 22.0 Å². The van der Waals surface area contributed by atoms with Crippen LogP contribution in [-0.2, 0) is 6.18 Å². The molecular weight excluding hydrogens is 392 g/mol. The molecule has 0 fully saturated rings. The molecule has 1 heterocycles. The maximum absolute atomic E-state index is 13.0. The monoisotopic (exact) mass is 400 g/mol. The van der Waals surface area contributed by atoms with Crippen molar-refractivity contribution in [1.82, 2.24) is 9.55 Å². The zero-order chi connectivity index (χ0) is 19.1. The van der Waals surface area contributed by atoms with Crippen LogP contribution in [0.4, 0.5) is 13.2 Å². The Morgan fingerprint density at radius 1 is 0.923 bits per heavy atom. The van der Waals surface area contributed by atoms with E-state index in [0.717, 1.165) is 18.2 Å². The summed E-state index contributed by atoms with van der Waals surface area (Å²) in [6.07, 6.45) is -4.72. The Bertz CT molecular complexity index is 1070. The quantitative estimate of drug-likeness (QED) is 0.687. The van der Waals surface area contributed by atoms with Crippen molar-refractivity contribution in [3.8, 4) is 16.9 Å². The van der Waals surface area contributed by atoms with Gasteiger partial charge in [-0.05, 0) is 24.3 Å². The van der Waals surface area contributed by atoms with Crippen molar-refractivity contribution >= 4 is 23.2 Å². The molecule has 0 aliphatic heterocycles. The Labute approximate surface area is 154 Å². The van der Waals surface area contributed by atoms with Crippen LogP contribution >= 0.6 is 23.2 Å². The first-order valence-corrected chi connectivity index (χ1v) is 7.92. The second kappa shape index (κ2) is 6.66. The molecule has 1 N–H and O–H groups in total. The Hall–Kier alpha value is -2.51. The fraction of sp³-hybridized carbons (Fsp3) is 0.0588. The topological polar surface area (TPSA) is 54.9 Å². The first-order chi connectivity index (χ1) is 12.2. The van der Waals surface area contributed by atoms with Crippen LogP contribution in [-0.4, -0.2) is 9.55 Å².